The van der Waals surface area contributed by atoms with Crippen LogP contribution in [0.5, 0.6) is 0 Å². The summed E-state index contributed by atoms with van der Waals surface area (Å²) in [6.45, 7) is 5.67. The van der Waals surface area contributed by atoms with Crippen LogP contribution in [0.15, 0.2) is 53.5 Å². The highest BCUT2D eigenvalue weighted by Gasteiger charge is 2.30. The summed E-state index contributed by atoms with van der Waals surface area (Å²) in [6.07, 6.45) is 3.92. The summed E-state index contributed by atoms with van der Waals surface area (Å²) in [7, 11) is 0. The van der Waals surface area contributed by atoms with Gasteiger partial charge in [-0.15, -0.1) is 0 Å². The minimum absolute atomic E-state index is 0.0198. The number of urea groups is 1. The molecule has 1 aliphatic heterocycles. The Morgan fingerprint density at radius 2 is 1.96 bits per heavy atom. The Morgan fingerprint density at radius 1 is 1.20 bits per heavy atom. The van der Waals surface area contributed by atoms with E-state index in [0.717, 1.165) is 30.6 Å². The molecular formula is C20H25N3O2. The lowest BCUT2D eigenvalue weighted by molar-refractivity contribution is 0.192. The fourth-order valence-electron chi connectivity index (χ4n) is 3.41. The second-order valence-electron chi connectivity index (χ2n) is 6.94. The molecule has 0 saturated carbocycles. The summed E-state index contributed by atoms with van der Waals surface area (Å²) in [6, 6.07) is 13.1. The number of amides is 2. The van der Waals surface area contributed by atoms with E-state index in [2.05, 4.69) is 19.2 Å². The summed E-state index contributed by atoms with van der Waals surface area (Å²) in [4.78, 5) is 26.2. The van der Waals surface area contributed by atoms with Crippen molar-refractivity contribution < 1.29 is 4.79 Å². The van der Waals surface area contributed by atoms with Gasteiger partial charge in [0.15, 0.2) is 0 Å². The van der Waals surface area contributed by atoms with Gasteiger partial charge in [0.25, 0.3) is 5.56 Å². The van der Waals surface area contributed by atoms with E-state index in [-0.39, 0.29) is 11.6 Å². The SMILES string of the molecule is CC(C)C1CCCN1C(=O)Nc1ccc(Cn2ccccc2=O)cc1. The third-order valence-electron chi connectivity index (χ3n) is 4.79. The molecule has 0 aliphatic carbocycles. The van der Waals surface area contributed by atoms with Crippen molar-refractivity contribution in [1.29, 1.82) is 0 Å². The van der Waals surface area contributed by atoms with Gasteiger partial charge in [-0.1, -0.05) is 32.0 Å². The molecule has 1 aromatic carbocycles. The van der Waals surface area contributed by atoms with E-state index in [1.807, 2.05) is 35.2 Å². The molecule has 0 spiro atoms. The molecule has 2 aromatic rings. The summed E-state index contributed by atoms with van der Waals surface area (Å²) in [5.41, 5.74) is 1.78. The molecule has 1 atom stereocenters. The molecule has 1 aliphatic rings. The Hall–Kier alpha value is -2.56. The van der Waals surface area contributed by atoms with Crippen LogP contribution in [0.3, 0.4) is 0 Å². The van der Waals surface area contributed by atoms with Gasteiger partial charge < -0.3 is 14.8 Å². The van der Waals surface area contributed by atoms with Crippen LogP contribution in [0.2, 0.25) is 0 Å². The molecule has 132 valence electrons. The largest absolute Gasteiger partial charge is 0.322 e. The number of rotatable bonds is 4. The molecule has 5 nitrogen and oxygen atoms in total. The van der Waals surface area contributed by atoms with Crippen molar-refractivity contribution >= 4 is 11.7 Å². The molecule has 5 heteroatoms. The molecule has 1 unspecified atom stereocenters. The molecule has 25 heavy (non-hydrogen) atoms. The fourth-order valence-corrected chi connectivity index (χ4v) is 3.41. The number of hydrogen-bond acceptors (Lipinski definition) is 2. The van der Waals surface area contributed by atoms with Gasteiger partial charge in [-0.25, -0.2) is 4.79 Å². The van der Waals surface area contributed by atoms with Crippen molar-refractivity contribution in [2.75, 3.05) is 11.9 Å². The first kappa shape index (κ1) is 17.3. The van der Waals surface area contributed by atoms with E-state index in [1.54, 1.807) is 22.9 Å². The van der Waals surface area contributed by atoms with Gasteiger partial charge in [-0.2, -0.15) is 0 Å². The normalized spacial score (nSPS) is 17.1. The molecule has 2 amide bonds. The zero-order valence-corrected chi connectivity index (χ0v) is 14.8. The van der Waals surface area contributed by atoms with Gasteiger partial charge in [-0.3, -0.25) is 4.79 Å². The van der Waals surface area contributed by atoms with Crippen LogP contribution >= 0.6 is 0 Å². The Balaban J connectivity index is 1.64. The van der Waals surface area contributed by atoms with Crippen molar-refractivity contribution in [2.24, 2.45) is 5.92 Å². The van der Waals surface area contributed by atoms with Crippen LogP contribution in [0, 0.1) is 5.92 Å². The van der Waals surface area contributed by atoms with E-state index in [4.69, 9.17) is 0 Å². The quantitative estimate of drug-likeness (QED) is 0.926. The second kappa shape index (κ2) is 7.55. The minimum atomic E-state index is -0.0248. The zero-order chi connectivity index (χ0) is 17.8. The van der Waals surface area contributed by atoms with Gasteiger partial charge in [0.05, 0.1) is 6.54 Å². The summed E-state index contributed by atoms with van der Waals surface area (Å²) in [5, 5.41) is 2.99. The molecule has 1 saturated heterocycles. The van der Waals surface area contributed by atoms with Crippen molar-refractivity contribution in [2.45, 2.75) is 39.3 Å². The van der Waals surface area contributed by atoms with Gasteiger partial charge in [0.1, 0.15) is 0 Å². The first-order chi connectivity index (χ1) is 12.0. The van der Waals surface area contributed by atoms with Gasteiger partial charge in [0, 0.05) is 30.5 Å². The van der Waals surface area contributed by atoms with Crippen molar-refractivity contribution in [3.8, 4) is 0 Å². The maximum atomic E-state index is 12.5. The number of carbonyl (C=O) groups is 1. The van der Waals surface area contributed by atoms with E-state index >= 15 is 0 Å². The van der Waals surface area contributed by atoms with Crippen LogP contribution in [-0.4, -0.2) is 28.1 Å². The number of nitrogens with one attached hydrogen (secondary N) is 1. The van der Waals surface area contributed by atoms with E-state index in [1.165, 1.54) is 0 Å². The summed E-state index contributed by atoms with van der Waals surface area (Å²) >= 11 is 0. The number of pyridine rings is 1. The minimum Gasteiger partial charge on any atom is -0.321 e. The predicted molar refractivity (Wildman–Crippen MR) is 99.8 cm³/mol. The topological polar surface area (TPSA) is 54.3 Å². The lowest BCUT2D eigenvalue weighted by Gasteiger charge is -2.27. The van der Waals surface area contributed by atoms with Crippen LogP contribution < -0.4 is 10.9 Å². The van der Waals surface area contributed by atoms with E-state index < -0.39 is 0 Å². The smallest absolute Gasteiger partial charge is 0.321 e. The maximum Gasteiger partial charge on any atom is 0.322 e. The number of likely N-dealkylation sites (tertiary alicyclic amines) is 1. The molecule has 1 aromatic heterocycles. The van der Waals surface area contributed by atoms with Crippen molar-refractivity contribution in [3.63, 3.8) is 0 Å². The first-order valence-corrected chi connectivity index (χ1v) is 8.86. The van der Waals surface area contributed by atoms with Crippen molar-refractivity contribution in [1.82, 2.24) is 9.47 Å². The van der Waals surface area contributed by atoms with Gasteiger partial charge in [-0.05, 0) is 42.5 Å². The molecule has 2 heterocycles. The number of hydrogen-bond donors (Lipinski definition) is 1. The van der Waals surface area contributed by atoms with Gasteiger partial charge >= 0.3 is 6.03 Å². The third-order valence-corrected chi connectivity index (χ3v) is 4.79. The van der Waals surface area contributed by atoms with E-state index in [0.29, 0.717) is 18.5 Å². The fraction of sp³-hybridized carbons (Fsp3) is 0.400. The molecule has 0 bridgehead atoms. The Kier molecular flexibility index (Phi) is 5.22. The monoisotopic (exact) mass is 339 g/mol. The molecule has 1 fully saturated rings. The molecule has 3 rings (SSSR count). The third kappa shape index (κ3) is 4.10. The highest BCUT2D eigenvalue weighted by atomic mass is 16.2. The number of benzene rings is 1. The van der Waals surface area contributed by atoms with Crippen LogP contribution in [-0.2, 0) is 6.54 Å². The molecule has 1 N–H and O–H groups in total. The lowest BCUT2D eigenvalue weighted by atomic mass is 10.0. The summed E-state index contributed by atoms with van der Waals surface area (Å²) in [5.74, 6) is 0.472. The van der Waals surface area contributed by atoms with Crippen LogP contribution in [0.1, 0.15) is 32.3 Å². The zero-order valence-electron chi connectivity index (χ0n) is 14.8. The summed E-state index contributed by atoms with van der Waals surface area (Å²) < 4.78 is 1.66. The predicted octanol–water partition coefficient (Wildman–Crippen LogP) is 3.55. The van der Waals surface area contributed by atoms with Crippen molar-refractivity contribution in [3.05, 3.63) is 64.6 Å². The van der Waals surface area contributed by atoms with Crippen LogP contribution in [0.25, 0.3) is 0 Å². The standard InChI is InChI=1S/C20H25N3O2/c1-15(2)18-6-5-13-23(18)20(25)21-17-10-8-16(9-11-17)14-22-12-4-3-7-19(22)24/h3-4,7-12,15,18H,5-6,13-14H2,1-2H3,(H,21,25). The Bertz CT molecular complexity index is 780. The average Bonchev–Trinajstić information content (AvgIpc) is 3.09. The van der Waals surface area contributed by atoms with E-state index in [9.17, 15) is 9.59 Å². The maximum absolute atomic E-state index is 12.5. The average molecular weight is 339 g/mol. The first-order valence-electron chi connectivity index (χ1n) is 8.86. The number of aromatic nitrogens is 1. The van der Waals surface area contributed by atoms with Gasteiger partial charge in [0.2, 0.25) is 0 Å². The molecular weight excluding hydrogens is 314 g/mol. The lowest BCUT2D eigenvalue weighted by Crippen LogP contribution is -2.41. The number of carbonyl (C=O) groups excluding carboxylic acids is 1. The number of anilines is 1. The highest BCUT2D eigenvalue weighted by molar-refractivity contribution is 5.89. The number of nitrogens with zero attached hydrogens (tertiary/aromatic N) is 2. The Labute approximate surface area is 148 Å². The van der Waals surface area contributed by atoms with Crippen LogP contribution in [0.4, 0.5) is 10.5 Å². The highest BCUT2D eigenvalue weighted by Crippen LogP contribution is 2.24. The molecule has 0 radical (unpaired) electrons. The Morgan fingerprint density at radius 3 is 2.64 bits per heavy atom. The second-order valence-corrected chi connectivity index (χ2v) is 6.94.